The van der Waals surface area contributed by atoms with Crippen LogP contribution in [0.15, 0.2) is 42.5 Å². The second-order valence-electron chi connectivity index (χ2n) is 3.61. The lowest BCUT2D eigenvalue weighted by Gasteiger charge is -2.05. The average molecular weight is 248 g/mol. The quantitative estimate of drug-likeness (QED) is 0.801. The molecule has 3 nitrogen and oxygen atoms in total. The first kappa shape index (κ1) is 11.5. The molecule has 86 valence electrons. The molecular weight excluding hydrogens is 238 g/mol. The number of benzene rings is 2. The van der Waals surface area contributed by atoms with Gasteiger partial charge < -0.3 is 10.8 Å². The Morgan fingerprint density at radius 1 is 1.06 bits per heavy atom. The molecule has 0 atom stereocenters. The number of nitrogen functional groups attached to an aromatic ring is 1. The second-order valence-corrected chi connectivity index (χ2v) is 4.05. The van der Waals surface area contributed by atoms with E-state index in [0.29, 0.717) is 5.02 Å². The van der Waals surface area contributed by atoms with Crippen LogP contribution in [-0.2, 0) is 0 Å². The summed E-state index contributed by atoms with van der Waals surface area (Å²) in [6, 6.07) is 12.1. The van der Waals surface area contributed by atoms with Crippen LogP contribution < -0.4 is 5.73 Å². The largest absolute Gasteiger partial charge is 0.478 e. The molecule has 17 heavy (non-hydrogen) atoms. The van der Waals surface area contributed by atoms with Crippen molar-refractivity contribution in [2.75, 3.05) is 5.73 Å². The van der Waals surface area contributed by atoms with Crippen molar-refractivity contribution in [2.45, 2.75) is 0 Å². The Balaban J connectivity index is 2.50. The number of halogens is 1. The van der Waals surface area contributed by atoms with Crippen LogP contribution in [0.5, 0.6) is 0 Å². The zero-order valence-corrected chi connectivity index (χ0v) is 9.61. The van der Waals surface area contributed by atoms with Crippen LogP contribution in [0.2, 0.25) is 5.02 Å². The molecule has 0 fully saturated rings. The summed E-state index contributed by atoms with van der Waals surface area (Å²) in [7, 11) is 0. The molecule has 0 aliphatic heterocycles. The highest BCUT2D eigenvalue weighted by Gasteiger charge is 2.09. The van der Waals surface area contributed by atoms with Crippen LogP contribution in [0.4, 0.5) is 5.69 Å². The monoisotopic (exact) mass is 247 g/mol. The molecule has 0 unspecified atom stereocenters. The molecule has 0 radical (unpaired) electrons. The van der Waals surface area contributed by atoms with E-state index in [2.05, 4.69) is 0 Å². The van der Waals surface area contributed by atoms with Gasteiger partial charge in [-0.2, -0.15) is 0 Å². The van der Waals surface area contributed by atoms with Gasteiger partial charge >= 0.3 is 5.97 Å². The van der Waals surface area contributed by atoms with E-state index in [1.54, 1.807) is 30.3 Å². The first-order valence-electron chi connectivity index (χ1n) is 4.96. The van der Waals surface area contributed by atoms with Crippen molar-refractivity contribution in [1.29, 1.82) is 0 Å². The smallest absolute Gasteiger partial charge is 0.337 e. The predicted molar refractivity (Wildman–Crippen MR) is 68.3 cm³/mol. The van der Waals surface area contributed by atoms with Crippen molar-refractivity contribution in [3.8, 4) is 11.1 Å². The van der Waals surface area contributed by atoms with Gasteiger partial charge in [-0.25, -0.2) is 4.79 Å². The molecule has 2 rings (SSSR count). The lowest BCUT2D eigenvalue weighted by Crippen LogP contribution is -2.02. The van der Waals surface area contributed by atoms with E-state index in [-0.39, 0.29) is 11.3 Å². The number of anilines is 1. The van der Waals surface area contributed by atoms with Crippen LogP contribution in [0.3, 0.4) is 0 Å². The average Bonchev–Trinajstić information content (AvgIpc) is 2.30. The zero-order valence-electron chi connectivity index (χ0n) is 8.85. The summed E-state index contributed by atoms with van der Waals surface area (Å²) in [5, 5.41) is 9.62. The van der Waals surface area contributed by atoms with E-state index in [4.69, 9.17) is 22.4 Å². The Morgan fingerprint density at radius 2 is 1.65 bits per heavy atom. The van der Waals surface area contributed by atoms with Gasteiger partial charge in [0.1, 0.15) is 0 Å². The Labute approximate surface area is 103 Å². The molecule has 0 aromatic heterocycles. The summed E-state index contributed by atoms with van der Waals surface area (Å²) < 4.78 is 0. The van der Waals surface area contributed by atoms with Crippen LogP contribution >= 0.6 is 11.6 Å². The number of aromatic carboxylic acids is 1. The number of hydrogen-bond donors (Lipinski definition) is 2. The van der Waals surface area contributed by atoms with E-state index in [1.807, 2.05) is 12.1 Å². The SMILES string of the molecule is Nc1ccc(-c2ccc(Cl)cc2)cc1C(=O)O. The molecule has 0 heterocycles. The first-order valence-corrected chi connectivity index (χ1v) is 5.34. The molecule has 2 aromatic carbocycles. The third-order valence-corrected chi connectivity index (χ3v) is 2.71. The highest BCUT2D eigenvalue weighted by atomic mass is 35.5. The number of carboxylic acids is 1. The van der Waals surface area contributed by atoms with Crippen LogP contribution in [0, 0.1) is 0 Å². The van der Waals surface area contributed by atoms with Gasteiger partial charge in [-0.05, 0) is 35.4 Å². The van der Waals surface area contributed by atoms with Gasteiger partial charge in [-0.1, -0.05) is 29.8 Å². The van der Waals surface area contributed by atoms with Gasteiger partial charge in [0.2, 0.25) is 0 Å². The molecule has 0 amide bonds. The van der Waals surface area contributed by atoms with Crippen molar-refractivity contribution in [1.82, 2.24) is 0 Å². The maximum absolute atomic E-state index is 11.0. The van der Waals surface area contributed by atoms with E-state index >= 15 is 0 Å². The molecular formula is C13H10ClNO2. The summed E-state index contributed by atoms with van der Waals surface area (Å²) >= 11 is 5.79. The molecule has 0 spiro atoms. The van der Waals surface area contributed by atoms with Crippen LogP contribution in [0.25, 0.3) is 11.1 Å². The number of carbonyl (C=O) groups is 1. The lowest BCUT2D eigenvalue weighted by molar-refractivity contribution is 0.0698. The zero-order chi connectivity index (χ0) is 12.4. The summed E-state index contributed by atoms with van der Waals surface area (Å²) in [6.45, 7) is 0. The minimum absolute atomic E-state index is 0.109. The van der Waals surface area contributed by atoms with Gasteiger partial charge in [0.15, 0.2) is 0 Å². The van der Waals surface area contributed by atoms with Crippen molar-refractivity contribution in [2.24, 2.45) is 0 Å². The number of carboxylic acid groups (broad SMARTS) is 1. The molecule has 4 heteroatoms. The van der Waals surface area contributed by atoms with Gasteiger partial charge in [0, 0.05) is 10.7 Å². The first-order chi connectivity index (χ1) is 8.08. The predicted octanol–water partition coefficient (Wildman–Crippen LogP) is 3.29. The minimum atomic E-state index is -1.03. The number of nitrogens with two attached hydrogens (primary N) is 1. The molecule has 0 bridgehead atoms. The summed E-state index contributed by atoms with van der Waals surface area (Å²) in [4.78, 5) is 11.0. The van der Waals surface area contributed by atoms with Crippen molar-refractivity contribution < 1.29 is 9.90 Å². The van der Waals surface area contributed by atoms with Crippen molar-refractivity contribution in [3.05, 3.63) is 53.1 Å². The maximum Gasteiger partial charge on any atom is 0.337 e. The third kappa shape index (κ3) is 2.40. The number of hydrogen-bond acceptors (Lipinski definition) is 2. The molecule has 2 aromatic rings. The molecule has 0 saturated heterocycles. The van der Waals surface area contributed by atoms with Gasteiger partial charge in [-0.3, -0.25) is 0 Å². The Bertz CT molecular complexity index is 564. The van der Waals surface area contributed by atoms with Gasteiger partial charge in [0.25, 0.3) is 0 Å². The highest BCUT2D eigenvalue weighted by molar-refractivity contribution is 6.30. The summed E-state index contributed by atoms with van der Waals surface area (Å²) in [5.74, 6) is -1.03. The number of rotatable bonds is 2. The molecule has 0 saturated carbocycles. The summed E-state index contributed by atoms with van der Waals surface area (Å²) in [6.07, 6.45) is 0. The Kier molecular flexibility index (Phi) is 3.02. The minimum Gasteiger partial charge on any atom is -0.478 e. The van der Waals surface area contributed by atoms with E-state index in [9.17, 15) is 4.79 Å². The fraction of sp³-hybridized carbons (Fsp3) is 0. The van der Waals surface area contributed by atoms with Gasteiger partial charge in [-0.15, -0.1) is 0 Å². The molecule has 3 N–H and O–H groups in total. The molecule has 0 aliphatic carbocycles. The third-order valence-electron chi connectivity index (χ3n) is 2.46. The maximum atomic E-state index is 11.0. The Hall–Kier alpha value is -2.00. The standard InChI is InChI=1S/C13H10ClNO2/c14-10-4-1-8(2-5-10)9-3-6-12(15)11(7-9)13(16)17/h1-7H,15H2,(H,16,17). The topological polar surface area (TPSA) is 63.3 Å². The van der Waals surface area contributed by atoms with E-state index in [1.165, 1.54) is 0 Å². The van der Waals surface area contributed by atoms with Crippen molar-refractivity contribution >= 4 is 23.3 Å². The lowest BCUT2D eigenvalue weighted by atomic mass is 10.0. The van der Waals surface area contributed by atoms with Crippen LogP contribution in [-0.4, -0.2) is 11.1 Å². The van der Waals surface area contributed by atoms with E-state index < -0.39 is 5.97 Å². The van der Waals surface area contributed by atoms with E-state index in [0.717, 1.165) is 11.1 Å². The fourth-order valence-electron chi connectivity index (χ4n) is 1.56. The van der Waals surface area contributed by atoms with Gasteiger partial charge in [0.05, 0.1) is 5.56 Å². The normalized spacial score (nSPS) is 10.2. The fourth-order valence-corrected chi connectivity index (χ4v) is 1.69. The van der Waals surface area contributed by atoms with Crippen molar-refractivity contribution in [3.63, 3.8) is 0 Å². The Morgan fingerprint density at radius 3 is 2.24 bits per heavy atom. The molecule has 0 aliphatic rings. The summed E-state index contributed by atoms with van der Waals surface area (Å²) in [5.41, 5.74) is 7.66. The van der Waals surface area contributed by atoms with Crippen LogP contribution in [0.1, 0.15) is 10.4 Å². The highest BCUT2D eigenvalue weighted by Crippen LogP contribution is 2.25. The second kappa shape index (κ2) is 4.47.